The van der Waals surface area contributed by atoms with Crippen molar-refractivity contribution in [3.63, 3.8) is 0 Å². The Morgan fingerprint density at radius 3 is 2.54 bits per heavy atom. The zero-order chi connectivity index (χ0) is 17.5. The predicted octanol–water partition coefficient (Wildman–Crippen LogP) is 2.41. The SMILES string of the molecule is Cc1cc(COC(=O)C(NC(=O)Cc2ccccc2)C(C)C)on1. The maximum absolute atomic E-state index is 12.3. The fraction of sp³-hybridized carbons (Fsp3) is 0.389. The molecule has 1 unspecified atom stereocenters. The van der Waals surface area contributed by atoms with Gasteiger partial charge in [0.25, 0.3) is 0 Å². The number of aryl methyl sites for hydroxylation is 1. The van der Waals surface area contributed by atoms with Crippen LogP contribution >= 0.6 is 0 Å². The molecule has 2 rings (SSSR count). The lowest BCUT2D eigenvalue weighted by molar-refractivity contribution is -0.151. The van der Waals surface area contributed by atoms with Crippen molar-refractivity contribution in [2.45, 2.75) is 39.8 Å². The number of aromatic nitrogens is 1. The number of rotatable bonds is 7. The summed E-state index contributed by atoms with van der Waals surface area (Å²) in [6.45, 7) is 5.49. The highest BCUT2D eigenvalue weighted by Crippen LogP contribution is 2.09. The highest BCUT2D eigenvalue weighted by atomic mass is 16.6. The lowest BCUT2D eigenvalue weighted by atomic mass is 10.0. The molecule has 0 aliphatic heterocycles. The fourth-order valence-corrected chi connectivity index (χ4v) is 2.22. The number of nitrogens with zero attached hydrogens (tertiary/aromatic N) is 1. The average Bonchev–Trinajstić information content (AvgIpc) is 2.96. The first-order valence-corrected chi connectivity index (χ1v) is 7.88. The quantitative estimate of drug-likeness (QED) is 0.789. The molecule has 1 aromatic heterocycles. The summed E-state index contributed by atoms with van der Waals surface area (Å²) in [5.41, 5.74) is 1.61. The van der Waals surface area contributed by atoms with Crippen molar-refractivity contribution < 1.29 is 18.8 Å². The molecule has 0 saturated carbocycles. The number of esters is 1. The van der Waals surface area contributed by atoms with E-state index in [1.165, 1.54) is 0 Å². The van der Waals surface area contributed by atoms with Crippen LogP contribution in [-0.4, -0.2) is 23.1 Å². The van der Waals surface area contributed by atoms with Crippen LogP contribution in [0.4, 0.5) is 0 Å². The van der Waals surface area contributed by atoms with E-state index in [2.05, 4.69) is 10.5 Å². The van der Waals surface area contributed by atoms with Crippen LogP contribution in [-0.2, 0) is 27.4 Å². The van der Waals surface area contributed by atoms with Gasteiger partial charge >= 0.3 is 5.97 Å². The van der Waals surface area contributed by atoms with Crippen molar-refractivity contribution in [1.29, 1.82) is 0 Å². The summed E-state index contributed by atoms with van der Waals surface area (Å²) in [5.74, 6) is -0.319. The molecule has 0 saturated heterocycles. The lowest BCUT2D eigenvalue weighted by Gasteiger charge is -2.20. The van der Waals surface area contributed by atoms with Crippen LogP contribution < -0.4 is 5.32 Å². The maximum Gasteiger partial charge on any atom is 0.329 e. The van der Waals surface area contributed by atoms with E-state index < -0.39 is 12.0 Å². The van der Waals surface area contributed by atoms with Crippen LogP contribution in [0, 0.1) is 12.8 Å². The second-order valence-corrected chi connectivity index (χ2v) is 5.99. The molecule has 1 heterocycles. The van der Waals surface area contributed by atoms with Crippen molar-refractivity contribution in [3.05, 3.63) is 53.4 Å². The van der Waals surface area contributed by atoms with Gasteiger partial charge in [-0.15, -0.1) is 0 Å². The van der Waals surface area contributed by atoms with E-state index >= 15 is 0 Å². The lowest BCUT2D eigenvalue weighted by Crippen LogP contribution is -2.45. The Kier molecular flexibility index (Phi) is 6.12. The first kappa shape index (κ1) is 17.7. The van der Waals surface area contributed by atoms with Crippen LogP contribution in [0.5, 0.6) is 0 Å². The van der Waals surface area contributed by atoms with Gasteiger partial charge < -0.3 is 14.6 Å². The summed E-state index contributed by atoms with van der Waals surface area (Å²) in [6.07, 6.45) is 0.221. The highest BCUT2D eigenvalue weighted by Gasteiger charge is 2.26. The van der Waals surface area contributed by atoms with Gasteiger partial charge in [0, 0.05) is 6.07 Å². The van der Waals surface area contributed by atoms with Gasteiger partial charge in [-0.25, -0.2) is 4.79 Å². The molecule has 0 radical (unpaired) electrons. The third-order valence-electron chi connectivity index (χ3n) is 3.48. The van der Waals surface area contributed by atoms with Crippen molar-refractivity contribution in [2.24, 2.45) is 5.92 Å². The van der Waals surface area contributed by atoms with Gasteiger partial charge in [0.2, 0.25) is 5.91 Å². The molecule has 6 nitrogen and oxygen atoms in total. The summed E-state index contributed by atoms with van der Waals surface area (Å²) < 4.78 is 10.2. The zero-order valence-corrected chi connectivity index (χ0v) is 14.1. The Labute approximate surface area is 141 Å². The van der Waals surface area contributed by atoms with Crippen LogP contribution in [0.15, 0.2) is 40.9 Å². The van der Waals surface area contributed by atoms with E-state index in [0.717, 1.165) is 11.3 Å². The normalized spacial score (nSPS) is 12.0. The molecule has 0 aliphatic carbocycles. The molecule has 2 aromatic rings. The van der Waals surface area contributed by atoms with Crippen LogP contribution in [0.2, 0.25) is 0 Å². The van der Waals surface area contributed by atoms with Crippen molar-refractivity contribution >= 4 is 11.9 Å². The largest absolute Gasteiger partial charge is 0.456 e. The Morgan fingerprint density at radius 1 is 1.25 bits per heavy atom. The van der Waals surface area contributed by atoms with Crippen molar-refractivity contribution in [2.75, 3.05) is 0 Å². The van der Waals surface area contributed by atoms with E-state index in [0.29, 0.717) is 5.76 Å². The van der Waals surface area contributed by atoms with Gasteiger partial charge in [0.1, 0.15) is 6.04 Å². The molecule has 1 aromatic carbocycles. The number of nitrogens with one attached hydrogen (secondary N) is 1. The molecule has 0 fully saturated rings. The Bertz CT molecular complexity index is 679. The first-order valence-electron chi connectivity index (χ1n) is 7.88. The fourth-order valence-electron chi connectivity index (χ4n) is 2.22. The summed E-state index contributed by atoms with van der Waals surface area (Å²) in [5, 5.41) is 6.48. The van der Waals surface area contributed by atoms with Gasteiger partial charge in [0.15, 0.2) is 12.4 Å². The van der Waals surface area contributed by atoms with E-state index in [1.807, 2.05) is 44.2 Å². The smallest absolute Gasteiger partial charge is 0.329 e. The number of amides is 1. The number of hydrogen-bond acceptors (Lipinski definition) is 5. The van der Waals surface area contributed by atoms with E-state index in [9.17, 15) is 9.59 Å². The molecule has 1 amide bonds. The summed E-state index contributed by atoms with van der Waals surface area (Å²) in [6, 6.07) is 10.4. The summed E-state index contributed by atoms with van der Waals surface area (Å²) >= 11 is 0. The molecular weight excluding hydrogens is 308 g/mol. The second kappa shape index (κ2) is 8.29. The number of ether oxygens (including phenoxy) is 1. The minimum atomic E-state index is -0.703. The minimum Gasteiger partial charge on any atom is -0.456 e. The van der Waals surface area contributed by atoms with Crippen LogP contribution in [0.25, 0.3) is 0 Å². The van der Waals surface area contributed by atoms with Gasteiger partial charge in [0.05, 0.1) is 12.1 Å². The molecule has 0 aliphatic rings. The maximum atomic E-state index is 12.3. The van der Waals surface area contributed by atoms with E-state index in [-0.39, 0.29) is 24.9 Å². The summed E-state index contributed by atoms with van der Waals surface area (Å²) in [7, 11) is 0. The summed E-state index contributed by atoms with van der Waals surface area (Å²) in [4.78, 5) is 24.4. The first-order chi connectivity index (χ1) is 11.5. The number of hydrogen-bond donors (Lipinski definition) is 1. The molecule has 1 atom stereocenters. The molecule has 128 valence electrons. The van der Waals surface area contributed by atoms with Crippen molar-refractivity contribution in [3.8, 4) is 0 Å². The van der Waals surface area contributed by atoms with E-state index in [4.69, 9.17) is 9.26 Å². The molecular formula is C18H22N2O4. The third-order valence-corrected chi connectivity index (χ3v) is 3.48. The average molecular weight is 330 g/mol. The van der Waals surface area contributed by atoms with E-state index in [1.54, 1.807) is 13.0 Å². The molecule has 6 heteroatoms. The molecule has 0 bridgehead atoms. The van der Waals surface area contributed by atoms with Gasteiger partial charge in [-0.05, 0) is 18.4 Å². The molecule has 24 heavy (non-hydrogen) atoms. The van der Waals surface area contributed by atoms with Crippen LogP contribution in [0.3, 0.4) is 0 Å². The third kappa shape index (κ3) is 5.22. The highest BCUT2D eigenvalue weighted by molar-refractivity contribution is 5.85. The second-order valence-electron chi connectivity index (χ2n) is 5.99. The monoisotopic (exact) mass is 330 g/mol. The topological polar surface area (TPSA) is 81.4 Å². The molecule has 0 spiro atoms. The standard InChI is InChI=1S/C18H22N2O4/c1-12(2)17(18(22)23-11-15-9-13(3)20-24-15)19-16(21)10-14-7-5-4-6-8-14/h4-9,12,17H,10-11H2,1-3H3,(H,19,21). The predicted molar refractivity (Wildman–Crippen MR) is 88.0 cm³/mol. The van der Waals surface area contributed by atoms with Gasteiger partial charge in [-0.1, -0.05) is 49.3 Å². The number of carbonyl (C=O) groups is 2. The van der Waals surface area contributed by atoms with Crippen LogP contribution in [0.1, 0.15) is 30.9 Å². The number of carbonyl (C=O) groups excluding carboxylic acids is 2. The Balaban J connectivity index is 1.90. The Morgan fingerprint density at radius 2 is 1.96 bits per heavy atom. The number of benzene rings is 1. The zero-order valence-electron chi connectivity index (χ0n) is 14.1. The van der Waals surface area contributed by atoms with Gasteiger partial charge in [-0.3, -0.25) is 4.79 Å². The van der Waals surface area contributed by atoms with Crippen molar-refractivity contribution in [1.82, 2.24) is 10.5 Å². The Hall–Kier alpha value is -2.63. The molecule has 1 N–H and O–H groups in total. The minimum absolute atomic E-state index is 0.00253. The van der Waals surface area contributed by atoms with Gasteiger partial charge in [-0.2, -0.15) is 0 Å².